The number of aromatic hydroxyl groups is 2. The minimum absolute atomic E-state index is 0.0191. The Balaban J connectivity index is 1.75. The van der Waals surface area contributed by atoms with Crippen molar-refractivity contribution in [2.24, 2.45) is 0 Å². The van der Waals surface area contributed by atoms with Crippen LogP contribution in [0.25, 0.3) is 11.1 Å². The number of nitrogens with zero attached hydrogens (tertiary/aromatic N) is 1. The molecule has 0 heterocycles. The fourth-order valence-corrected chi connectivity index (χ4v) is 3.28. The van der Waals surface area contributed by atoms with Crippen molar-refractivity contribution < 1.29 is 29.8 Å². The van der Waals surface area contributed by atoms with E-state index in [0.29, 0.717) is 22.4 Å². The van der Waals surface area contributed by atoms with E-state index >= 15 is 0 Å². The van der Waals surface area contributed by atoms with Crippen LogP contribution in [0.5, 0.6) is 11.5 Å². The van der Waals surface area contributed by atoms with Gasteiger partial charge < -0.3 is 20.6 Å². The average molecular weight is 436 g/mol. The van der Waals surface area contributed by atoms with E-state index in [2.05, 4.69) is 5.32 Å². The highest BCUT2D eigenvalue weighted by atomic mass is 16.6. The molecule has 0 radical (unpaired) electrons. The number of carboxylic acids is 1. The number of phenols is 2. The zero-order valence-corrected chi connectivity index (χ0v) is 16.8. The summed E-state index contributed by atoms with van der Waals surface area (Å²) in [7, 11) is 0. The number of carbonyl (C=O) groups is 2. The molecule has 0 aliphatic rings. The minimum Gasteiger partial charge on any atom is -0.504 e. The summed E-state index contributed by atoms with van der Waals surface area (Å²) in [4.78, 5) is 33.7. The van der Waals surface area contributed by atoms with Crippen LogP contribution < -0.4 is 5.32 Å². The summed E-state index contributed by atoms with van der Waals surface area (Å²) in [5.74, 6) is -2.73. The molecule has 9 nitrogen and oxygen atoms in total. The molecule has 0 saturated carbocycles. The molecule has 0 aliphatic heterocycles. The maximum absolute atomic E-state index is 12.5. The van der Waals surface area contributed by atoms with Crippen LogP contribution in [0.2, 0.25) is 0 Å². The van der Waals surface area contributed by atoms with Crippen molar-refractivity contribution in [3.8, 4) is 22.6 Å². The Hall–Kier alpha value is -4.40. The van der Waals surface area contributed by atoms with Crippen LogP contribution in [0.4, 0.5) is 11.4 Å². The van der Waals surface area contributed by atoms with Crippen LogP contribution in [-0.2, 0) is 22.4 Å². The van der Waals surface area contributed by atoms with E-state index in [1.165, 1.54) is 6.07 Å². The molecule has 0 spiro atoms. The Labute approximate surface area is 182 Å². The van der Waals surface area contributed by atoms with Crippen LogP contribution in [0, 0.1) is 10.1 Å². The van der Waals surface area contributed by atoms with E-state index in [1.807, 2.05) is 6.07 Å². The number of rotatable bonds is 8. The number of nitro groups is 1. The molecule has 1 amide bonds. The summed E-state index contributed by atoms with van der Waals surface area (Å²) < 4.78 is 0. The molecule has 0 saturated heterocycles. The van der Waals surface area contributed by atoms with Gasteiger partial charge in [0.15, 0.2) is 5.75 Å². The summed E-state index contributed by atoms with van der Waals surface area (Å²) in [6.45, 7) is 0. The normalized spacial score (nSPS) is 10.5. The molecule has 3 aromatic rings. The third-order valence-electron chi connectivity index (χ3n) is 4.76. The Morgan fingerprint density at radius 1 is 0.969 bits per heavy atom. The highest BCUT2D eigenvalue weighted by molar-refractivity contribution is 5.95. The molecular formula is C23H20N2O7. The molecule has 0 unspecified atom stereocenters. The second-order valence-corrected chi connectivity index (χ2v) is 7.10. The predicted molar refractivity (Wildman–Crippen MR) is 117 cm³/mol. The molecule has 3 rings (SSSR count). The lowest BCUT2D eigenvalue weighted by atomic mass is 10.00. The van der Waals surface area contributed by atoms with Crippen LogP contribution in [-0.4, -0.2) is 32.1 Å². The zero-order valence-electron chi connectivity index (χ0n) is 16.8. The van der Waals surface area contributed by atoms with Crippen molar-refractivity contribution in [1.29, 1.82) is 0 Å². The van der Waals surface area contributed by atoms with E-state index in [-0.39, 0.29) is 25.2 Å². The molecule has 9 heteroatoms. The molecule has 4 N–H and O–H groups in total. The quantitative estimate of drug-likeness (QED) is 0.238. The van der Waals surface area contributed by atoms with Gasteiger partial charge in [-0.3, -0.25) is 19.7 Å². The summed E-state index contributed by atoms with van der Waals surface area (Å²) >= 11 is 0. The van der Waals surface area contributed by atoms with Gasteiger partial charge in [-0.05, 0) is 35.2 Å². The Morgan fingerprint density at radius 2 is 1.72 bits per heavy atom. The number of hydrogen-bond acceptors (Lipinski definition) is 6. The van der Waals surface area contributed by atoms with Crippen molar-refractivity contribution in [3.05, 3.63) is 81.9 Å². The second-order valence-electron chi connectivity index (χ2n) is 7.10. The number of nitro benzene ring substituents is 1. The SMILES string of the molecule is O=C(O)Cc1cccc(-c2ccccc2NC(=O)CCc2cc(O)c(O)c([N+](=O)[O-])c2)c1. The smallest absolute Gasteiger partial charge is 0.314 e. The van der Waals surface area contributed by atoms with Gasteiger partial charge in [0.1, 0.15) is 0 Å². The van der Waals surface area contributed by atoms with Gasteiger partial charge in [0, 0.05) is 23.7 Å². The van der Waals surface area contributed by atoms with E-state index < -0.39 is 28.1 Å². The topological polar surface area (TPSA) is 150 Å². The van der Waals surface area contributed by atoms with Gasteiger partial charge in [0.2, 0.25) is 11.7 Å². The maximum Gasteiger partial charge on any atom is 0.314 e. The average Bonchev–Trinajstić information content (AvgIpc) is 2.74. The first kappa shape index (κ1) is 22.3. The third kappa shape index (κ3) is 5.39. The van der Waals surface area contributed by atoms with Crippen molar-refractivity contribution >= 4 is 23.3 Å². The number of carboxylic acid groups (broad SMARTS) is 1. The van der Waals surface area contributed by atoms with E-state index in [4.69, 9.17) is 5.11 Å². The summed E-state index contributed by atoms with van der Waals surface area (Å²) in [6, 6.07) is 16.4. The van der Waals surface area contributed by atoms with Gasteiger partial charge in [-0.25, -0.2) is 0 Å². The number of nitrogens with one attached hydrogen (secondary N) is 1. The lowest BCUT2D eigenvalue weighted by Gasteiger charge is -2.12. The van der Waals surface area contributed by atoms with Gasteiger partial charge in [-0.2, -0.15) is 0 Å². The van der Waals surface area contributed by atoms with Gasteiger partial charge in [-0.15, -0.1) is 0 Å². The number of anilines is 1. The molecule has 3 aromatic carbocycles. The first-order valence-corrected chi connectivity index (χ1v) is 9.64. The summed E-state index contributed by atoms with van der Waals surface area (Å²) in [6.07, 6.45) is -0.0283. The second kappa shape index (κ2) is 9.61. The number of amides is 1. The number of phenolic OH excluding ortho intramolecular Hbond substituents is 2. The number of aliphatic carboxylic acids is 1. The van der Waals surface area contributed by atoms with E-state index in [1.54, 1.807) is 42.5 Å². The summed E-state index contributed by atoms with van der Waals surface area (Å²) in [5.41, 5.74) is 2.32. The van der Waals surface area contributed by atoms with Crippen molar-refractivity contribution in [2.75, 3.05) is 5.32 Å². The lowest BCUT2D eigenvalue weighted by molar-refractivity contribution is -0.386. The van der Waals surface area contributed by atoms with Crippen LogP contribution in [0.15, 0.2) is 60.7 Å². The summed E-state index contributed by atoms with van der Waals surface area (Å²) in [5, 5.41) is 42.0. The highest BCUT2D eigenvalue weighted by Crippen LogP contribution is 2.36. The standard InChI is InChI=1S/C23H20N2O7/c26-20-12-15(11-19(23(20)30)25(31)32)8-9-21(27)24-18-7-2-1-6-17(18)16-5-3-4-14(10-16)13-22(28)29/h1-7,10-12,26,30H,8-9,13H2,(H,24,27)(H,28,29). The molecule has 0 fully saturated rings. The van der Waals surface area contributed by atoms with E-state index in [0.717, 1.165) is 11.6 Å². The van der Waals surface area contributed by atoms with Crippen molar-refractivity contribution in [2.45, 2.75) is 19.3 Å². The largest absolute Gasteiger partial charge is 0.504 e. The number of hydrogen-bond donors (Lipinski definition) is 4. The number of benzene rings is 3. The maximum atomic E-state index is 12.5. The molecule has 0 aromatic heterocycles. The fourth-order valence-electron chi connectivity index (χ4n) is 3.28. The minimum atomic E-state index is -0.941. The molecule has 164 valence electrons. The van der Waals surface area contributed by atoms with Gasteiger partial charge in [-0.1, -0.05) is 42.5 Å². The monoisotopic (exact) mass is 436 g/mol. The van der Waals surface area contributed by atoms with Gasteiger partial charge in [0.05, 0.1) is 11.3 Å². The van der Waals surface area contributed by atoms with Crippen LogP contribution >= 0.6 is 0 Å². The molecule has 0 atom stereocenters. The zero-order chi connectivity index (χ0) is 23.3. The number of para-hydroxylation sites is 1. The molecule has 0 bridgehead atoms. The molecular weight excluding hydrogens is 416 g/mol. The first-order chi connectivity index (χ1) is 15.2. The number of carbonyl (C=O) groups excluding carboxylic acids is 1. The van der Waals surface area contributed by atoms with E-state index in [9.17, 15) is 29.9 Å². The van der Waals surface area contributed by atoms with Crippen molar-refractivity contribution in [1.82, 2.24) is 0 Å². The number of aryl methyl sites for hydroxylation is 1. The Kier molecular flexibility index (Phi) is 6.69. The molecule has 0 aliphatic carbocycles. The first-order valence-electron chi connectivity index (χ1n) is 9.64. The molecule has 32 heavy (non-hydrogen) atoms. The highest BCUT2D eigenvalue weighted by Gasteiger charge is 2.19. The third-order valence-corrected chi connectivity index (χ3v) is 4.76. The van der Waals surface area contributed by atoms with Gasteiger partial charge in [0.25, 0.3) is 0 Å². The Bertz CT molecular complexity index is 1190. The van der Waals surface area contributed by atoms with Crippen LogP contribution in [0.3, 0.4) is 0 Å². The van der Waals surface area contributed by atoms with Gasteiger partial charge >= 0.3 is 11.7 Å². The van der Waals surface area contributed by atoms with Crippen molar-refractivity contribution in [3.63, 3.8) is 0 Å². The fraction of sp³-hybridized carbons (Fsp3) is 0.130. The lowest BCUT2D eigenvalue weighted by Crippen LogP contribution is -2.13. The Morgan fingerprint density at radius 3 is 2.44 bits per heavy atom. The predicted octanol–water partition coefficient (Wildman–Crippen LogP) is 3.87. The van der Waals surface area contributed by atoms with Crippen LogP contribution in [0.1, 0.15) is 17.5 Å².